The molecule has 3 nitrogen and oxygen atoms in total. The van der Waals surface area contributed by atoms with E-state index in [1.54, 1.807) is 0 Å². The molecule has 96 valence electrons. The Labute approximate surface area is 111 Å². The maximum Gasteiger partial charge on any atom is 0.303 e. The number of Topliss-reactive ketones (excluding diaryl/α,β-unsaturated/α-hetero) is 1. The summed E-state index contributed by atoms with van der Waals surface area (Å²) in [5.41, 5.74) is 1.36. The number of alkyl halides is 1. The van der Waals surface area contributed by atoms with Crippen molar-refractivity contribution in [2.45, 2.75) is 46.1 Å². The molecule has 0 aromatic rings. The summed E-state index contributed by atoms with van der Waals surface area (Å²) in [6.45, 7) is 7.13. The van der Waals surface area contributed by atoms with E-state index in [4.69, 9.17) is 4.74 Å². The van der Waals surface area contributed by atoms with Crippen LogP contribution >= 0.6 is 15.9 Å². The Balaban J connectivity index is 2.93. The van der Waals surface area contributed by atoms with Crippen molar-refractivity contribution in [1.82, 2.24) is 0 Å². The van der Waals surface area contributed by atoms with Gasteiger partial charge in [-0.2, -0.15) is 0 Å². The summed E-state index contributed by atoms with van der Waals surface area (Å²) in [5.74, 6) is -0.0802. The van der Waals surface area contributed by atoms with Crippen LogP contribution in [0.4, 0.5) is 0 Å². The molecule has 1 aliphatic rings. The second-order valence-electron chi connectivity index (χ2n) is 4.97. The lowest BCUT2D eigenvalue weighted by Gasteiger charge is -2.37. The lowest BCUT2D eigenvalue weighted by atomic mass is 9.76. The zero-order chi connectivity index (χ0) is 13.2. The fourth-order valence-electron chi connectivity index (χ4n) is 2.19. The highest BCUT2D eigenvalue weighted by Crippen LogP contribution is 2.37. The Morgan fingerprint density at radius 2 is 2.06 bits per heavy atom. The van der Waals surface area contributed by atoms with Crippen molar-refractivity contribution >= 4 is 27.7 Å². The molecule has 0 aromatic heterocycles. The van der Waals surface area contributed by atoms with Gasteiger partial charge in [0.05, 0.1) is 0 Å². The van der Waals surface area contributed by atoms with Gasteiger partial charge in [-0.25, -0.2) is 0 Å². The molecule has 0 aromatic carbocycles. The molecule has 1 unspecified atom stereocenters. The highest BCUT2D eigenvalue weighted by atomic mass is 79.9. The topological polar surface area (TPSA) is 43.4 Å². The van der Waals surface area contributed by atoms with Crippen molar-refractivity contribution < 1.29 is 14.3 Å². The molecule has 17 heavy (non-hydrogen) atoms. The molecular formula is C13H19BrO3. The third-order valence-corrected chi connectivity index (χ3v) is 4.66. The van der Waals surface area contributed by atoms with Gasteiger partial charge in [-0.05, 0) is 32.8 Å². The molecule has 0 saturated carbocycles. The molecule has 1 rings (SSSR count). The number of ether oxygens (including phenoxy) is 1. The normalized spacial score (nSPS) is 24.5. The standard InChI is InChI=1S/C13H19BrO3/c1-8-5-11(6-12(16)9(8)2)13(4,7-14)17-10(3)15/h11H,5-7H2,1-4H3/t11-,13?/m0/s1. The van der Waals surface area contributed by atoms with Crippen LogP contribution in [0.15, 0.2) is 11.1 Å². The van der Waals surface area contributed by atoms with Crippen LogP contribution < -0.4 is 0 Å². The molecule has 4 heteroatoms. The van der Waals surface area contributed by atoms with Crippen LogP contribution in [0.25, 0.3) is 0 Å². The summed E-state index contributed by atoms with van der Waals surface area (Å²) in [5, 5.41) is 0.545. The Bertz CT molecular complexity index is 373. The second kappa shape index (κ2) is 5.34. The second-order valence-corrected chi connectivity index (χ2v) is 5.53. The third kappa shape index (κ3) is 3.18. The minimum atomic E-state index is -0.608. The summed E-state index contributed by atoms with van der Waals surface area (Å²) < 4.78 is 5.40. The van der Waals surface area contributed by atoms with E-state index < -0.39 is 5.60 Å². The number of rotatable bonds is 3. The zero-order valence-corrected chi connectivity index (χ0v) is 12.4. The summed E-state index contributed by atoms with van der Waals surface area (Å²) in [7, 11) is 0. The Morgan fingerprint density at radius 3 is 2.47 bits per heavy atom. The Morgan fingerprint density at radius 1 is 1.47 bits per heavy atom. The predicted octanol–water partition coefficient (Wildman–Crippen LogP) is 3.02. The van der Waals surface area contributed by atoms with Gasteiger partial charge in [-0.15, -0.1) is 0 Å². The molecule has 0 aliphatic heterocycles. The molecule has 0 fully saturated rings. The van der Waals surface area contributed by atoms with Gasteiger partial charge in [-0.1, -0.05) is 21.5 Å². The summed E-state index contributed by atoms with van der Waals surface area (Å²) in [4.78, 5) is 23.0. The molecule has 0 radical (unpaired) electrons. The van der Waals surface area contributed by atoms with E-state index in [0.29, 0.717) is 11.8 Å². The number of ketones is 1. The first-order valence-electron chi connectivity index (χ1n) is 5.75. The molecule has 0 heterocycles. The van der Waals surface area contributed by atoms with Gasteiger partial charge in [-0.3, -0.25) is 9.59 Å². The van der Waals surface area contributed by atoms with Crippen molar-refractivity contribution in [2.24, 2.45) is 5.92 Å². The molecule has 0 saturated heterocycles. The minimum absolute atomic E-state index is 0.0574. The van der Waals surface area contributed by atoms with Crippen molar-refractivity contribution in [3.63, 3.8) is 0 Å². The number of carbonyl (C=O) groups excluding carboxylic acids is 2. The number of carbonyl (C=O) groups is 2. The smallest absolute Gasteiger partial charge is 0.303 e. The van der Waals surface area contributed by atoms with Gasteiger partial charge in [0.25, 0.3) is 0 Å². The van der Waals surface area contributed by atoms with E-state index in [1.807, 2.05) is 20.8 Å². The van der Waals surface area contributed by atoms with Crippen LogP contribution in [-0.2, 0) is 14.3 Å². The van der Waals surface area contributed by atoms with Crippen LogP contribution in [0.3, 0.4) is 0 Å². The fraction of sp³-hybridized carbons (Fsp3) is 0.692. The highest BCUT2D eigenvalue weighted by molar-refractivity contribution is 9.09. The van der Waals surface area contributed by atoms with Gasteiger partial charge in [0, 0.05) is 24.6 Å². The largest absolute Gasteiger partial charge is 0.458 e. The Kier molecular flexibility index (Phi) is 4.53. The maximum atomic E-state index is 11.8. The number of hydrogen-bond donors (Lipinski definition) is 0. The first-order valence-corrected chi connectivity index (χ1v) is 6.87. The van der Waals surface area contributed by atoms with E-state index in [2.05, 4.69) is 15.9 Å². The fourth-order valence-corrected chi connectivity index (χ4v) is 2.76. The molecule has 0 amide bonds. The van der Waals surface area contributed by atoms with Crippen LogP contribution in [0.1, 0.15) is 40.5 Å². The van der Waals surface area contributed by atoms with Crippen LogP contribution in [0.5, 0.6) is 0 Å². The minimum Gasteiger partial charge on any atom is -0.458 e. The quantitative estimate of drug-likeness (QED) is 0.594. The first-order chi connectivity index (χ1) is 7.80. The Hall–Kier alpha value is -0.640. The number of halogens is 1. The maximum absolute atomic E-state index is 11.8. The molecular weight excluding hydrogens is 284 g/mol. The summed E-state index contributed by atoms with van der Waals surface area (Å²) in [6, 6.07) is 0. The van der Waals surface area contributed by atoms with Crippen LogP contribution in [0.2, 0.25) is 0 Å². The SMILES string of the molecule is CC(=O)OC(C)(CBr)[C@@H]1CC(=O)C(C)=C(C)C1. The van der Waals surface area contributed by atoms with E-state index in [1.165, 1.54) is 6.92 Å². The van der Waals surface area contributed by atoms with Gasteiger partial charge < -0.3 is 4.74 Å². The summed E-state index contributed by atoms with van der Waals surface area (Å²) in [6.07, 6.45) is 1.27. The first kappa shape index (κ1) is 14.4. The van der Waals surface area contributed by atoms with Gasteiger partial charge in [0.15, 0.2) is 5.78 Å². The number of allylic oxidation sites excluding steroid dienone is 2. The van der Waals surface area contributed by atoms with Gasteiger partial charge in [0.2, 0.25) is 0 Å². The number of esters is 1. The summed E-state index contributed by atoms with van der Waals surface area (Å²) >= 11 is 3.39. The molecule has 0 N–H and O–H groups in total. The van der Waals surface area contributed by atoms with Crippen LogP contribution in [-0.4, -0.2) is 22.7 Å². The predicted molar refractivity (Wildman–Crippen MR) is 70.1 cm³/mol. The van der Waals surface area contributed by atoms with Crippen molar-refractivity contribution in [3.05, 3.63) is 11.1 Å². The van der Waals surface area contributed by atoms with E-state index in [-0.39, 0.29) is 17.7 Å². The van der Waals surface area contributed by atoms with Gasteiger partial charge in [0.1, 0.15) is 5.60 Å². The van der Waals surface area contributed by atoms with E-state index >= 15 is 0 Å². The van der Waals surface area contributed by atoms with E-state index in [9.17, 15) is 9.59 Å². The molecule has 1 aliphatic carbocycles. The molecule has 0 spiro atoms. The third-order valence-electron chi connectivity index (χ3n) is 3.55. The zero-order valence-electron chi connectivity index (χ0n) is 10.8. The molecule has 2 atom stereocenters. The van der Waals surface area contributed by atoms with E-state index in [0.717, 1.165) is 17.6 Å². The van der Waals surface area contributed by atoms with Crippen molar-refractivity contribution in [1.29, 1.82) is 0 Å². The highest BCUT2D eigenvalue weighted by Gasteiger charge is 2.40. The lowest BCUT2D eigenvalue weighted by molar-refractivity contribution is -0.159. The van der Waals surface area contributed by atoms with Crippen LogP contribution in [0, 0.1) is 5.92 Å². The molecule has 0 bridgehead atoms. The number of hydrogen-bond acceptors (Lipinski definition) is 3. The lowest BCUT2D eigenvalue weighted by Crippen LogP contribution is -2.43. The average molecular weight is 303 g/mol. The van der Waals surface area contributed by atoms with Gasteiger partial charge >= 0.3 is 5.97 Å². The van der Waals surface area contributed by atoms with Crippen molar-refractivity contribution in [3.8, 4) is 0 Å². The monoisotopic (exact) mass is 302 g/mol. The average Bonchev–Trinajstić information content (AvgIpc) is 2.24. The van der Waals surface area contributed by atoms with Crippen molar-refractivity contribution in [2.75, 3.05) is 5.33 Å².